The van der Waals surface area contributed by atoms with Gasteiger partial charge in [-0.05, 0) is 43.9 Å². The molecule has 31 heavy (non-hydrogen) atoms. The number of benzene rings is 1. The SMILES string of the molecule is CC(CC(C)(CCC(C)(C)C(=O)Nc1ccc2c(c1)C(=O)C2)C(=O)OCCO)C(=O)O. The molecule has 1 aromatic rings. The van der Waals surface area contributed by atoms with Crippen LogP contribution in [0.3, 0.4) is 0 Å². The van der Waals surface area contributed by atoms with Gasteiger partial charge < -0.3 is 20.3 Å². The lowest BCUT2D eigenvalue weighted by Crippen LogP contribution is -2.37. The Morgan fingerprint density at radius 3 is 2.45 bits per heavy atom. The van der Waals surface area contributed by atoms with Crippen LogP contribution in [-0.4, -0.2) is 47.1 Å². The average Bonchev–Trinajstić information content (AvgIpc) is 2.70. The van der Waals surface area contributed by atoms with E-state index in [-0.39, 0.29) is 37.7 Å². The number of carbonyl (C=O) groups excluding carboxylic acids is 3. The summed E-state index contributed by atoms with van der Waals surface area (Å²) in [4.78, 5) is 48.4. The number of aliphatic hydroxyl groups is 1. The van der Waals surface area contributed by atoms with Gasteiger partial charge in [0.2, 0.25) is 5.91 Å². The predicted molar refractivity (Wildman–Crippen MR) is 114 cm³/mol. The van der Waals surface area contributed by atoms with Crippen molar-refractivity contribution in [3.8, 4) is 0 Å². The van der Waals surface area contributed by atoms with Crippen LogP contribution in [0.5, 0.6) is 0 Å². The van der Waals surface area contributed by atoms with Crippen LogP contribution in [0.1, 0.15) is 62.9 Å². The zero-order chi connectivity index (χ0) is 23.4. The van der Waals surface area contributed by atoms with Gasteiger partial charge in [0.05, 0.1) is 17.9 Å². The van der Waals surface area contributed by atoms with Crippen molar-refractivity contribution in [2.45, 2.75) is 53.4 Å². The first kappa shape index (κ1) is 24.5. The maximum Gasteiger partial charge on any atom is 0.311 e. The molecule has 1 aliphatic carbocycles. The van der Waals surface area contributed by atoms with Crippen molar-refractivity contribution >= 4 is 29.3 Å². The van der Waals surface area contributed by atoms with Crippen LogP contribution >= 0.6 is 0 Å². The van der Waals surface area contributed by atoms with Crippen molar-refractivity contribution in [3.63, 3.8) is 0 Å². The third-order valence-electron chi connectivity index (χ3n) is 5.93. The third-order valence-corrected chi connectivity index (χ3v) is 5.93. The van der Waals surface area contributed by atoms with Crippen molar-refractivity contribution < 1.29 is 34.1 Å². The summed E-state index contributed by atoms with van der Waals surface area (Å²) in [6, 6.07) is 5.24. The van der Waals surface area contributed by atoms with Crippen molar-refractivity contribution in [3.05, 3.63) is 29.3 Å². The first-order chi connectivity index (χ1) is 14.4. The second-order valence-corrected chi connectivity index (χ2v) is 9.17. The number of Topliss-reactive ketones (excluding diaryl/α,β-unsaturated/α-hetero) is 1. The molecule has 0 aromatic heterocycles. The quantitative estimate of drug-likeness (QED) is 0.458. The number of hydrogen-bond acceptors (Lipinski definition) is 6. The summed E-state index contributed by atoms with van der Waals surface area (Å²) in [6.07, 6.45) is 1.02. The van der Waals surface area contributed by atoms with E-state index in [9.17, 15) is 24.3 Å². The van der Waals surface area contributed by atoms with Crippen molar-refractivity contribution in [1.82, 2.24) is 0 Å². The van der Waals surface area contributed by atoms with Crippen molar-refractivity contribution in [1.29, 1.82) is 0 Å². The van der Waals surface area contributed by atoms with E-state index in [2.05, 4.69) is 5.32 Å². The van der Waals surface area contributed by atoms with Crippen LogP contribution in [-0.2, 0) is 25.5 Å². The molecule has 0 heterocycles. The highest BCUT2D eigenvalue weighted by Crippen LogP contribution is 2.38. The van der Waals surface area contributed by atoms with E-state index in [0.717, 1.165) is 5.56 Å². The minimum atomic E-state index is -1.12. The number of carbonyl (C=O) groups is 4. The first-order valence-corrected chi connectivity index (χ1v) is 10.4. The molecule has 0 saturated carbocycles. The number of hydrogen-bond donors (Lipinski definition) is 3. The number of anilines is 1. The van der Waals surface area contributed by atoms with Gasteiger partial charge in [-0.25, -0.2) is 0 Å². The minimum Gasteiger partial charge on any atom is -0.481 e. The maximum atomic E-state index is 12.9. The Morgan fingerprint density at radius 2 is 1.87 bits per heavy atom. The van der Waals surface area contributed by atoms with Gasteiger partial charge in [0.15, 0.2) is 5.78 Å². The standard InChI is InChI=1S/C23H31NO7/c1-14(19(27)28)13-23(4,21(30)31-10-9-25)8-7-22(2,3)20(29)24-16-6-5-15-11-18(26)17(15)12-16/h5-6,12,14,25H,7-11,13H2,1-4H3,(H,24,29)(H,27,28). The summed E-state index contributed by atoms with van der Waals surface area (Å²) >= 11 is 0. The summed E-state index contributed by atoms with van der Waals surface area (Å²) in [6.45, 7) is 6.14. The maximum absolute atomic E-state index is 12.9. The van der Waals surface area contributed by atoms with Crippen LogP contribution in [0.25, 0.3) is 0 Å². The molecule has 1 amide bonds. The first-order valence-electron chi connectivity index (χ1n) is 10.4. The van der Waals surface area contributed by atoms with Gasteiger partial charge >= 0.3 is 11.9 Å². The highest BCUT2D eigenvalue weighted by molar-refractivity contribution is 6.08. The Labute approximate surface area is 182 Å². The fraction of sp³-hybridized carbons (Fsp3) is 0.565. The Bertz CT molecular complexity index is 877. The zero-order valence-corrected chi connectivity index (χ0v) is 18.5. The molecule has 1 aliphatic rings. The molecule has 8 heteroatoms. The summed E-state index contributed by atoms with van der Waals surface area (Å²) in [5.74, 6) is -2.60. The fourth-order valence-electron chi connectivity index (χ4n) is 3.59. The summed E-state index contributed by atoms with van der Waals surface area (Å²) in [5, 5.41) is 21.0. The van der Waals surface area contributed by atoms with Gasteiger partial charge in [-0.2, -0.15) is 0 Å². The smallest absolute Gasteiger partial charge is 0.311 e. The van der Waals surface area contributed by atoms with E-state index in [1.807, 2.05) is 6.07 Å². The second kappa shape index (κ2) is 9.60. The fourth-order valence-corrected chi connectivity index (χ4v) is 3.59. The van der Waals surface area contributed by atoms with E-state index >= 15 is 0 Å². The number of nitrogens with one attached hydrogen (secondary N) is 1. The topological polar surface area (TPSA) is 130 Å². The number of esters is 1. The third kappa shape index (κ3) is 5.91. The average molecular weight is 434 g/mol. The Morgan fingerprint density at radius 1 is 1.19 bits per heavy atom. The number of rotatable bonds is 11. The van der Waals surface area contributed by atoms with E-state index in [1.165, 1.54) is 6.92 Å². The number of carboxylic acids is 1. The molecule has 2 unspecified atom stereocenters. The number of amides is 1. The molecule has 8 nitrogen and oxygen atoms in total. The zero-order valence-electron chi connectivity index (χ0n) is 18.5. The lowest BCUT2D eigenvalue weighted by atomic mass is 9.73. The van der Waals surface area contributed by atoms with Gasteiger partial charge in [0.1, 0.15) is 6.61 Å². The summed E-state index contributed by atoms with van der Waals surface area (Å²) < 4.78 is 5.08. The van der Waals surface area contributed by atoms with Gasteiger partial charge in [-0.1, -0.05) is 26.8 Å². The van der Waals surface area contributed by atoms with Crippen LogP contribution in [0.2, 0.25) is 0 Å². The van der Waals surface area contributed by atoms with Crippen LogP contribution in [0, 0.1) is 16.7 Å². The van der Waals surface area contributed by atoms with Crippen LogP contribution < -0.4 is 5.32 Å². The molecule has 0 fully saturated rings. The Hall–Kier alpha value is -2.74. The number of aliphatic carboxylic acids is 1. The summed E-state index contributed by atoms with van der Waals surface area (Å²) in [7, 11) is 0. The molecule has 0 spiro atoms. The predicted octanol–water partition coefficient (Wildman–Crippen LogP) is 2.82. The number of aliphatic hydroxyl groups excluding tert-OH is 1. The number of carboxylic acid groups (broad SMARTS) is 1. The molecule has 0 saturated heterocycles. The highest BCUT2D eigenvalue weighted by atomic mass is 16.5. The van der Waals surface area contributed by atoms with E-state index < -0.39 is 28.7 Å². The molecule has 0 aliphatic heterocycles. The molecule has 170 valence electrons. The van der Waals surface area contributed by atoms with E-state index in [1.54, 1.807) is 32.9 Å². The number of ether oxygens (including phenoxy) is 1. The van der Waals surface area contributed by atoms with E-state index in [4.69, 9.17) is 9.84 Å². The largest absolute Gasteiger partial charge is 0.481 e. The van der Waals surface area contributed by atoms with Gasteiger partial charge in [0.25, 0.3) is 0 Å². The number of fused-ring (bicyclic) bond motifs is 1. The van der Waals surface area contributed by atoms with Crippen LogP contribution in [0.4, 0.5) is 5.69 Å². The molecule has 1 aromatic carbocycles. The normalized spacial score (nSPS) is 15.8. The van der Waals surface area contributed by atoms with E-state index in [0.29, 0.717) is 24.1 Å². The Balaban J connectivity index is 2.08. The van der Waals surface area contributed by atoms with Gasteiger partial charge in [-0.3, -0.25) is 19.2 Å². The molecule has 0 radical (unpaired) electrons. The van der Waals surface area contributed by atoms with Crippen molar-refractivity contribution in [2.24, 2.45) is 16.7 Å². The van der Waals surface area contributed by atoms with Gasteiger partial charge in [-0.15, -0.1) is 0 Å². The van der Waals surface area contributed by atoms with Crippen molar-refractivity contribution in [2.75, 3.05) is 18.5 Å². The minimum absolute atomic E-state index is 0.0510. The van der Waals surface area contributed by atoms with Gasteiger partial charge in [0, 0.05) is 23.1 Å². The monoisotopic (exact) mass is 433 g/mol. The molecule has 2 atom stereocenters. The second-order valence-electron chi connectivity index (χ2n) is 9.17. The van der Waals surface area contributed by atoms with Crippen LogP contribution in [0.15, 0.2) is 18.2 Å². The lowest BCUT2D eigenvalue weighted by molar-refractivity contribution is -0.159. The molecule has 2 rings (SSSR count). The lowest BCUT2D eigenvalue weighted by Gasteiger charge is -2.32. The Kier molecular flexibility index (Phi) is 7.59. The molecule has 0 bridgehead atoms. The summed E-state index contributed by atoms with van der Waals surface area (Å²) in [5.41, 5.74) is 0.142. The molecular formula is C23H31NO7. The highest BCUT2D eigenvalue weighted by Gasteiger charge is 2.40. The molecule has 3 N–H and O–H groups in total. The molecular weight excluding hydrogens is 402 g/mol. The number of ketones is 1.